The van der Waals surface area contributed by atoms with Crippen molar-refractivity contribution in [3.8, 4) is 0 Å². The number of carbonyl (C=O) groups excluding carboxylic acids is 8. The molecule has 2 fully saturated rings. The number of aryl methyl sites for hydroxylation is 2. The number of ketones is 2. The van der Waals surface area contributed by atoms with Crippen LogP contribution in [0, 0.1) is 25.7 Å². The normalized spacial score (nSPS) is 15.4. The van der Waals surface area contributed by atoms with Crippen molar-refractivity contribution in [3.63, 3.8) is 0 Å². The summed E-state index contributed by atoms with van der Waals surface area (Å²) in [5, 5.41) is 15.1. The molecule has 0 spiro atoms. The summed E-state index contributed by atoms with van der Waals surface area (Å²) >= 11 is 8.99. The zero-order valence-corrected chi connectivity index (χ0v) is 47.3. The van der Waals surface area contributed by atoms with Gasteiger partial charge in [0.2, 0.25) is 23.6 Å². The van der Waals surface area contributed by atoms with Crippen LogP contribution in [0.2, 0.25) is 5.02 Å². The van der Waals surface area contributed by atoms with E-state index in [1.165, 1.54) is 28.0 Å². The number of aromatic nitrogens is 3. The molecule has 2 aromatic heterocycles. The zero-order valence-electron chi connectivity index (χ0n) is 44.9. The maximum atomic E-state index is 13.7. The minimum Gasteiger partial charge on any atom is -0.445 e. The molecule has 7 N–H and O–H groups in total. The van der Waals surface area contributed by atoms with Crippen LogP contribution in [0.5, 0.6) is 0 Å². The Hall–Kier alpha value is -6.69. The number of primary amides is 1. The zero-order chi connectivity index (χ0) is 56.3. The molecule has 0 bridgehead atoms. The predicted molar refractivity (Wildman–Crippen MR) is 302 cm³/mol. The summed E-state index contributed by atoms with van der Waals surface area (Å²) in [5.74, 6) is -0.552. The molecule has 6 rings (SSSR count). The minimum atomic E-state index is -0.837. The first-order valence-electron chi connectivity index (χ1n) is 26.2. The lowest BCUT2D eigenvalue weighted by Crippen LogP contribution is -2.48. The SMILES string of the molecule is CSC1CC(=O)N(CCCCCC(=O)N[C@H](C(=O)C[C@@H](CCCNC(N)=O)C(=O)Nc2ccc(COC(=O)NCCN3CCN(c4cc(Nc5ncc(C(=O)Cc6c(C)cccc6Cl)s5)nc(C)n4)CC3)cc2)C(C)C)C1=O. The van der Waals surface area contributed by atoms with Crippen molar-refractivity contribution >= 4 is 104 Å². The Balaban J connectivity index is 0.894. The van der Waals surface area contributed by atoms with Gasteiger partial charge in [0.05, 0.1) is 22.4 Å². The van der Waals surface area contributed by atoms with E-state index in [9.17, 15) is 38.4 Å². The summed E-state index contributed by atoms with van der Waals surface area (Å²) < 4.78 is 5.47. The van der Waals surface area contributed by atoms with Gasteiger partial charge in [0.15, 0.2) is 16.7 Å². The number of nitrogens with zero attached hydrogens (tertiary/aromatic N) is 6. The number of halogens is 1. The monoisotopic (exact) mass is 1130 g/mol. The number of amides is 7. The number of rotatable bonds is 29. The lowest BCUT2D eigenvalue weighted by atomic mass is 9.89. The molecule has 4 heterocycles. The van der Waals surface area contributed by atoms with Gasteiger partial charge in [-0.25, -0.2) is 24.5 Å². The average molecular weight is 1130 g/mol. The third kappa shape index (κ3) is 18.5. The molecule has 2 aliphatic heterocycles. The highest BCUT2D eigenvalue weighted by Crippen LogP contribution is 2.28. The average Bonchev–Trinajstić information content (AvgIpc) is 3.99. The van der Waals surface area contributed by atoms with Crippen molar-refractivity contribution in [2.45, 2.75) is 103 Å². The lowest BCUT2D eigenvalue weighted by molar-refractivity contribution is -0.138. The highest BCUT2D eigenvalue weighted by molar-refractivity contribution is 8.00. The number of urea groups is 1. The van der Waals surface area contributed by atoms with Crippen LogP contribution >= 0.6 is 34.7 Å². The fourth-order valence-electron chi connectivity index (χ4n) is 9.06. The van der Waals surface area contributed by atoms with Gasteiger partial charge in [-0.2, -0.15) is 11.8 Å². The molecule has 24 heteroatoms. The third-order valence-electron chi connectivity index (χ3n) is 13.5. The van der Waals surface area contributed by atoms with E-state index in [1.54, 1.807) is 42.8 Å². The number of benzene rings is 2. The summed E-state index contributed by atoms with van der Waals surface area (Å²) in [7, 11) is 0. The Morgan fingerprint density at radius 1 is 0.923 bits per heavy atom. The fourth-order valence-corrected chi connectivity index (χ4v) is 10.7. The van der Waals surface area contributed by atoms with Gasteiger partial charge in [0.1, 0.15) is 24.1 Å². The van der Waals surface area contributed by atoms with Crippen LogP contribution in [-0.2, 0) is 41.7 Å². The van der Waals surface area contributed by atoms with E-state index in [0.29, 0.717) is 96.3 Å². The minimum absolute atomic E-state index is 0.00920. The van der Waals surface area contributed by atoms with Crippen molar-refractivity contribution < 1.29 is 43.1 Å². The molecule has 0 radical (unpaired) electrons. The largest absolute Gasteiger partial charge is 0.445 e. The Kier molecular flexibility index (Phi) is 23.2. The molecule has 420 valence electrons. The lowest BCUT2D eigenvalue weighted by Gasteiger charge is -2.35. The number of nitrogens with two attached hydrogens (primary N) is 1. The molecular formula is C54H71ClN12O9S2. The second kappa shape index (κ2) is 29.9. The number of thiazole rings is 1. The molecule has 21 nitrogen and oxygen atoms in total. The molecule has 0 saturated carbocycles. The number of alkyl carbamates (subject to hydrolysis) is 1. The number of likely N-dealkylation sites (tertiary alicyclic amines) is 1. The van der Waals surface area contributed by atoms with Gasteiger partial charge in [-0.15, -0.1) is 0 Å². The third-order valence-corrected chi connectivity index (χ3v) is 15.7. The van der Waals surface area contributed by atoms with Gasteiger partial charge < -0.3 is 42.0 Å². The first-order valence-corrected chi connectivity index (χ1v) is 28.7. The maximum absolute atomic E-state index is 13.7. The number of carbonyl (C=O) groups is 8. The Bertz CT molecular complexity index is 2740. The van der Waals surface area contributed by atoms with Crippen LogP contribution < -0.4 is 37.2 Å². The van der Waals surface area contributed by atoms with Crippen LogP contribution in [0.1, 0.15) is 97.4 Å². The van der Waals surface area contributed by atoms with Gasteiger partial charge in [0.25, 0.3) is 0 Å². The Morgan fingerprint density at radius 2 is 1.68 bits per heavy atom. The topological polar surface area (TPSA) is 280 Å². The number of imide groups is 1. The summed E-state index contributed by atoms with van der Waals surface area (Å²) in [6, 6.07) is 12.7. The molecule has 4 aromatic rings. The van der Waals surface area contributed by atoms with Crippen molar-refractivity contribution in [3.05, 3.63) is 87.1 Å². The highest BCUT2D eigenvalue weighted by Gasteiger charge is 2.37. The summed E-state index contributed by atoms with van der Waals surface area (Å²) in [6.07, 6.45) is 5.52. The molecule has 3 atom stereocenters. The van der Waals surface area contributed by atoms with Crippen molar-refractivity contribution in [1.29, 1.82) is 0 Å². The number of ether oxygens (including phenoxy) is 1. The van der Waals surface area contributed by atoms with Gasteiger partial charge in [-0.05, 0) is 86.6 Å². The first-order chi connectivity index (χ1) is 37.4. The van der Waals surface area contributed by atoms with E-state index in [-0.39, 0.29) is 85.7 Å². The number of unbranched alkanes of at least 4 members (excludes halogenated alkanes) is 2. The van der Waals surface area contributed by atoms with Gasteiger partial charge >= 0.3 is 12.1 Å². The van der Waals surface area contributed by atoms with Gasteiger partial charge in [-0.1, -0.05) is 67.5 Å². The molecule has 2 saturated heterocycles. The van der Waals surface area contributed by atoms with E-state index < -0.39 is 30.0 Å². The van der Waals surface area contributed by atoms with Crippen LogP contribution in [0.4, 0.5) is 32.0 Å². The van der Waals surface area contributed by atoms with Gasteiger partial charge in [-0.3, -0.25) is 38.6 Å². The number of piperazine rings is 1. The van der Waals surface area contributed by atoms with E-state index >= 15 is 0 Å². The summed E-state index contributed by atoms with van der Waals surface area (Å²) in [4.78, 5) is 122. The quantitative estimate of drug-likeness (QED) is 0.0190. The summed E-state index contributed by atoms with van der Waals surface area (Å²) in [5.41, 5.74) is 8.15. The number of hydrogen-bond donors (Lipinski definition) is 6. The molecule has 7 amide bonds. The highest BCUT2D eigenvalue weighted by atomic mass is 35.5. The standard InChI is InChI=1S/C54H71ClN12O9S2/c1-33(2)49(64-47(70)14-7-6-8-21-67-48(71)29-43(77-5)51(67)73)42(69)27-37(12-10-19-57-52(56)74)50(72)62-38-17-15-36(16-18-38)32-76-54(75)58-20-22-65-23-25-66(26-24-65)46-30-45(60-35(4)61-46)63-53-59-31-44(78-53)41(68)28-39-34(3)11-9-13-40(39)55/h9,11,13,15-18,30-31,33,37,43,49H,6-8,10,12,14,19-29,32H2,1-5H3,(H,58,75)(H,62,72)(H,64,70)(H3,56,57,74)(H,59,60,61,63)/t37-,43?,49+/m1/s1. The van der Waals surface area contributed by atoms with Crippen LogP contribution in [0.15, 0.2) is 54.7 Å². The van der Waals surface area contributed by atoms with E-state index in [0.717, 1.165) is 30.0 Å². The maximum Gasteiger partial charge on any atom is 0.407 e. The number of hydrogen-bond acceptors (Lipinski definition) is 17. The number of nitrogens with one attached hydrogen (secondary N) is 5. The predicted octanol–water partition coefficient (Wildman–Crippen LogP) is 6.57. The van der Waals surface area contributed by atoms with E-state index in [2.05, 4.69) is 51.3 Å². The molecule has 78 heavy (non-hydrogen) atoms. The smallest absolute Gasteiger partial charge is 0.407 e. The molecule has 2 aliphatic rings. The van der Waals surface area contributed by atoms with Crippen molar-refractivity contribution in [2.75, 3.05) is 74.1 Å². The Labute approximate surface area is 468 Å². The molecule has 0 aliphatic carbocycles. The second-order valence-corrected chi connectivity index (χ2v) is 22.2. The van der Waals surface area contributed by atoms with E-state index in [4.69, 9.17) is 22.1 Å². The molecule has 1 unspecified atom stereocenters. The molecular weight excluding hydrogens is 1060 g/mol. The summed E-state index contributed by atoms with van der Waals surface area (Å²) in [6.45, 7) is 11.8. The van der Waals surface area contributed by atoms with Crippen LogP contribution in [-0.4, -0.2) is 142 Å². The van der Waals surface area contributed by atoms with E-state index in [1.807, 2.05) is 45.9 Å². The number of thioether (sulfide) groups is 1. The number of anilines is 4. The molecule has 2 aromatic carbocycles. The first kappa shape index (κ1) is 60.5. The number of Topliss-reactive ketones (excluding diaryl/α,β-unsaturated/α-hetero) is 2. The van der Waals surface area contributed by atoms with Crippen LogP contribution in [0.25, 0.3) is 0 Å². The second-order valence-electron chi connectivity index (χ2n) is 19.7. The van der Waals surface area contributed by atoms with Crippen molar-refractivity contribution in [2.24, 2.45) is 17.6 Å². The Morgan fingerprint density at radius 3 is 2.37 bits per heavy atom. The fraction of sp³-hybridized carbons (Fsp3) is 0.500. The van der Waals surface area contributed by atoms with Gasteiger partial charge in [0, 0.05) is 101 Å². The van der Waals surface area contributed by atoms with Crippen molar-refractivity contribution in [1.82, 2.24) is 40.7 Å². The van der Waals surface area contributed by atoms with Crippen LogP contribution in [0.3, 0.4) is 0 Å².